The lowest BCUT2D eigenvalue weighted by Gasteiger charge is -2.11. The topological polar surface area (TPSA) is 107 Å². The van der Waals surface area contributed by atoms with Gasteiger partial charge in [-0.25, -0.2) is 0 Å². The Morgan fingerprint density at radius 2 is 2.05 bits per heavy atom. The summed E-state index contributed by atoms with van der Waals surface area (Å²) in [6.45, 7) is 0. The SMILES string of the molecule is COc1ccc(Nc2cccc([N+](=O)[O-])c2)c(C(N)=O)c1. The van der Waals surface area contributed by atoms with Crippen LogP contribution in [0.3, 0.4) is 0 Å². The van der Waals surface area contributed by atoms with E-state index in [1.54, 1.807) is 24.3 Å². The number of nitro benzene ring substituents is 1. The molecule has 108 valence electrons. The molecule has 0 bridgehead atoms. The molecule has 0 aliphatic heterocycles. The van der Waals surface area contributed by atoms with E-state index in [4.69, 9.17) is 10.5 Å². The van der Waals surface area contributed by atoms with Crippen molar-refractivity contribution in [2.24, 2.45) is 5.73 Å². The zero-order chi connectivity index (χ0) is 15.4. The Bertz CT molecular complexity index is 700. The molecule has 0 unspecified atom stereocenters. The van der Waals surface area contributed by atoms with Crippen molar-refractivity contribution in [3.63, 3.8) is 0 Å². The summed E-state index contributed by atoms with van der Waals surface area (Å²) in [6.07, 6.45) is 0. The predicted molar refractivity (Wildman–Crippen MR) is 77.9 cm³/mol. The van der Waals surface area contributed by atoms with Gasteiger partial charge in [-0.3, -0.25) is 14.9 Å². The number of non-ortho nitro benzene ring substituents is 1. The van der Waals surface area contributed by atoms with Crippen LogP contribution in [0.4, 0.5) is 17.1 Å². The highest BCUT2D eigenvalue weighted by Crippen LogP contribution is 2.26. The van der Waals surface area contributed by atoms with Crippen molar-refractivity contribution in [2.45, 2.75) is 0 Å². The van der Waals surface area contributed by atoms with Crippen LogP contribution < -0.4 is 15.8 Å². The maximum atomic E-state index is 11.5. The Morgan fingerprint density at radius 1 is 1.29 bits per heavy atom. The van der Waals surface area contributed by atoms with Gasteiger partial charge < -0.3 is 15.8 Å². The van der Waals surface area contributed by atoms with Gasteiger partial charge in [-0.15, -0.1) is 0 Å². The molecular weight excluding hydrogens is 274 g/mol. The third-order valence-corrected chi connectivity index (χ3v) is 2.83. The Balaban J connectivity index is 2.37. The molecule has 1 amide bonds. The smallest absolute Gasteiger partial charge is 0.271 e. The van der Waals surface area contributed by atoms with E-state index in [-0.39, 0.29) is 11.3 Å². The molecule has 0 atom stereocenters. The fourth-order valence-electron chi connectivity index (χ4n) is 1.82. The van der Waals surface area contributed by atoms with Gasteiger partial charge in [0.15, 0.2) is 0 Å². The monoisotopic (exact) mass is 287 g/mol. The summed E-state index contributed by atoms with van der Waals surface area (Å²) in [5.74, 6) is -0.129. The summed E-state index contributed by atoms with van der Waals surface area (Å²) in [5, 5.41) is 13.7. The average molecular weight is 287 g/mol. The Labute approximate surface area is 120 Å². The van der Waals surface area contributed by atoms with Gasteiger partial charge in [-0.05, 0) is 24.3 Å². The number of anilines is 2. The Hall–Kier alpha value is -3.09. The van der Waals surface area contributed by atoms with E-state index in [0.29, 0.717) is 17.1 Å². The predicted octanol–water partition coefficient (Wildman–Crippen LogP) is 2.45. The first-order valence-corrected chi connectivity index (χ1v) is 6.00. The largest absolute Gasteiger partial charge is 0.497 e. The highest BCUT2D eigenvalue weighted by Gasteiger charge is 2.11. The van der Waals surface area contributed by atoms with Crippen molar-refractivity contribution in [2.75, 3.05) is 12.4 Å². The van der Waals surface area contributed by atoms with Crippen LogP contribution in [-0.4, -0.2) is 17.9 Å². The third-order valence-electron chi connectivity index (χ3n) is 2.83. The number of carbonyl (C=O) groups is 1. The number of ether oxygens (including phenoxy) is 1. The lowest BCUT2D eigenvalue weighted by molar-refractivity contribution is -0.384. The van der Waals surface area contributed by atoms with E-state index in [1.807, 2.05) is 0 Å². The standard InChI is InChI=1S/C14H13N3O4/c1-21-11-5-6-13(12(8-11)14(15)18)16-9-3-2-4-10(7-9)17(19)20/h2-8,16H,1H3,(H2,15,18). The number of nitro groups is 1. The van der Waals surface area contributed by atoms with E-state index in [0.717, 1.165) is 0 Å². The van der Waals surface area contributed by atoms with Crippen LogP contribution in [0.2, 0.25) is 0 Å². The number of rotatable bonds is 5. The molecule has 0 radical (unpaired) electrons. The number of nitrogens with two attached hydrogens (primary N) is 1. The summed E-state index contributed by atoms with van der Waals surface area (Å²) in [7, 11) is 1.48. The molecule has 0 spiro atoms. The number of benzene rings is 2. The number of carbonyl (C=O) groups excluding carboxylic acids is 1. The first-order chi connectivity index (χ1) is 10.0. The highest BCUT2D eigenvalue weighted by molar-refractivity contribution is 5.99. The van der Waals surface area contributed by atoms with E-state index in [9.17, 15) is 14.9 Å². The van der Waals surface area contributed by atoms with Crippen LogP contribution in [0.5, 0.6) is 5.75 Å². The van der Waals surface area contributed by atoms with Gasteiger partial charge in [0.25, 0.3) is 11.6 Å². The molecular formula is C14H13N3O4. The number of nitrogens with one attached hydrogen (secondary N) is 1. The lowest BCUT2D eigenvalue weighted by Crippen LogP contribution is -2.13. The Morgan fingerprint density at radius 3 is 2.67 bits per heavy atom. The molecule has 3 N–H and O–H groups in total. The van der Waals surface area contributed by atoms with Crippen LogP contribution >= 0.6 is 0 Å². The second-order valence-corrected chi connectivity index (χ2v) is 4.21. The van der Waals surface area contributed by atoms with Crippen LogP contribution in [0.1, 0.15) is 10.4 Å². The average Bonchev–Trinajstić information content (AvgIpc) is 2.47. The lowest BCUT2D eigenvalue weighted by atomic mass is 10.1. The number of hydrogen-bond acceptors (Lipinski definition) is 5. The number of primary amides is 1. The second-order valence-electron chi connectivity index (χ2n) is 4.21. The molecule has 2 aromatic rings. The highest BCUT2D eigenvalue weighted by atomic mass is 16.6. The number of methoxy groups -OCH3 is 1. The molecule has 0 saturated carbocycles. The minimum Gasteiger partial charge on any atom is -0.497 e. The summed E-state index contributed by atoms with van der Waals surface area (Å²) in [6, 6.07) is 10.7. The molecule has 0 aromatic heterocycles. The molecule has 2 aromatic carbocycles. The molecule has 7 heteroatoms. The number of amides is 1. The van der Waals surface area contributed by atoms with E-state index in [2.05, 4.69) is 5.32 Å². The summed E-state index contributed by atoms with van der Waals surface area (Å²) >= 11 is 0. The number of hydrogen-bond donors (Lipinski definition) is 2. The molecule has 0 aliphatic rings. The fourth-order valence-corrected chi connectivity index (χ4v) is 1.82. The normalized spacial score (nSPS) is 9.95. The number of nitrogens with zero attached hydrogens (tertiary/aromatic N) is 1. The van der Waals surface area contributed by atoms with E-state index >= 15 is 0 Å². The van der Waals surface area contributed by atoms with Gasteiger partial charge in [0, 0.05) is 17.8 Å². The van der Waals surface area contributed by atoms with Crippen LogP contribution in [0, 0.1) is 10.1 Å². The van der Waals surface area contributed by atoms with Crippen LogP contribution in [0.25, 0.3) is 0 Å². The maximum Gasteiger partial charge on any atom is 0.271 e. The van der Waals surface area contributed by atoms with Crippen molar-refractivity contribution in [3.8, 4) is 5.75 Å². The molecule has 2 rings (SSSR count). The van der Waals surface area contributed by atoms with Crippen molar-refractivity contribution in [1.82, 2.24) is 0 Å². The van der Waals surface area contributed by atoms with Crippen molar-refractivity contribution in [1.29, 1.82) is 0 Å². The zero-order valence-electron chi connectivity index (χ0n) is 11.2. The van der Waals surface area contributed by atoms with Crippen molar-refractivity contribution in [3.05, 3.63) is 58.1 Å². The molecule has 0 fully saturated rings. The molecule has 0 aliphatic carbocycles. The van der Waals surface area contributed by atoms with Crippen molar-refractivity contribution >= 4 is 23.0 Å². The van der Waals surface area contributed by atoms with Gasteiger partial charge in [0.1, 0.15) is 5.75 Å². The molecule has 7 nitrogen and oxygen atoms in total. The van der Waals surface area contributed by atoms with Gasteiger partial charge >= 0.3 is 0 Å². The molecule has 0 heterocycles. The van der Waals surface area contributed by atoms with E-state index in [1.165, 1.54) is 25.3 Å². The summed E-state index contributed by atoms with van der Waals surface area (Å²) < 4.78 is 5.04. The van der Waals surface area contributed by atoms with E-state index < -0.39 is 10.8 Å². The van der Waals surface area contributed by atoms with Crippen LogP contribution in [0.15, 0.2) is 42.5 Å². The van der Waals surface area contributed by atoms with Gasteiger partial charge in [-0.2, -0.15) is 0 Å². The van der Waals surface area contributed by atoms with Gasteiger partial charge in [-0.1, -0.05) is 6.07 Å². The third kappa shape index (κ3) is 3.27. The molecule has 21 heavy (non-hydrogen) atoms. The first-order valence-electron chi connectivity index (χ1n) is 6.00. The van der Waals surface area contributed by atoms with Gasteiger partial charge in [0.05, 0.1) is 23.3 Å². The van der Waals surface area contributed by atoms with Gasteiger partial charge in [0.2, 0.25) is 0 Å². The van der Waals surface area contributed by atoms with Crippen molar-refractivity contribution < 1.29 is 14.5 Å². The maximum absolute atomic E-state index is 11.5. The Kier molecular flexibility index (Phi) is 4.03. The summed E-state index contributed by atoms with van der Waals surface area (Å²) in [4.78, 5) is 21.7. The second kappa shape index (κ2) is 5.91. The zero-order valence-corrected chi connectivity index (χ0v) is 11.2. The first kappa shape index (κ1) is 14.3. The minimum absolute atomic E-state index is 0.0471. The van der Waals surface area contributed by atoms with Crippen LogP contribution in [-0.2, 0) is 0 Å². The fraction of sp³-hybridized carbons (Fsp3) is 0.0714. The molecule has 0 saturated heterocycles. The minimum atomic E-state index is -0.623. The quantitative estimate of drug-likeness (QED) is 0.648. The summed E-state index contributed by atoms with van der Waals surface area (Å²) in [5.41, 5.74) is 6.45.